The molecule has 0 saturated heterocycles. The fourth-order valence-corrected chi connectivity index (χ4v) is 3.80. The normalized spacial score (nSPS) is 10.2. The third-order valence-electron chi connectivity index (χ3n) is 4.24. The molecule has 3 heterocycles. The minimum atomic E-state index is -0.270. The molecule has 0 saturated carbocycles. The van der Waals surface area contributed by atoms with Crippen molar-refractivity contribution < 1.29 is 4.79 Å². The van der Waals surface area contributed by atoms with E-state index in [1.165, 1.54) is 17.5 Å². The number of nitrogens with zero attached hydrogens (tertiary/aromatic N) is 4. The van der Waals surface area contributed by atoms with E-state index in [1.807, 2.05) is 58.0 Å². The molecule has 7 nitrogen and oxygen atoms in total. The van der Waals surface area contributed by atoms with Crippen LogP contribution in [0.4, 0.5) is 16.6 Å². The number of nitrogens with one attached hydrogen (secondary N) is 2. The fourth-order valence-electron chi connectivity index (χ4n) is 2.81. The molecule has 0 radical (unpaired) electrons. The van der Waals surface area contributed by atoms with Gasteiger partial charge in [0, 0.05) is 24.0 Å². The van der Waals surface area contributed by atoms with Gasteiger partial charge in [-0.15, -0.1) is 0 Å². The summed E-state index contributed by atoms with van der Waals surface area (Å²) in [5.41, 5.74) is 3.20. The van der Waals surface area contributed by atoms with Crippen LogP contribution in [0.25, 0.3) is 11.3 Å². The van der Waals surface area contributed by atoms with Crippen molar-refractivity contribution in [3.63, 3.8) is 0 Å². The van der Waals surface area contributed by atoms with Crippen LogP contribution in [0.3, 0.4) is 0 Å². The van der Waals surface area contributed by atoms with Crippen molar-refractivity contribution in [1.29, 1.82) is 0 Å². The van der Waals surface area contributed by atoms with Crippen molar-refractivity contribution in [1.82, 2.24) is 19.9 Å². The van der Waals surface area contributed by atoms with E-state index in [1.54, 1.807) is 18.5 Å². The zero-order chi connectivity index (χ0) is 23.1. The Morgan fingerprint density at radius 1 is 1.06 bits per heavy atom. The van der Waals surface area contributed by atoms with E-state index in [2.05, 4.69) is 30.6 Å². The van der Waals surface area contributed by atoms with Gasteiger partial charge in [-0.2, -0.15) is 0 Å². The van der Waals surface area contributed by atoms with E-state index < -0.39 is 0 Å². The largest absolute Gasteiger partial charge is 0.320 e. The van der Waals surface area contributed by atoms with Gasteiger partial charge in [0.2, 0.25) is 0 Å². The number of benzene rings is 1. The first kappa shape index (κ1) is 23.3. The summed E-state index contributed by atoms with van der Waals surface area (Å²) in [6.07, 6.45) is 4.95. The third-order valence-corrected chi connectivity index (χ3v) is 5.47. The first-order valence-electron chi connectivity index (χ1n) is 10.0. The number of halogens is 1. The Labute approximate surface area is 196 Å². The molecule has 0 aliphatic carbocycles. The summed E-state index contributed by atoms with van der Waals surface area (Å²) in [6.45, 7) is 7.71. The minimum Gasteiger partial charge on any atom is -0.320 e. The zero-order valence-corrected chi connectivity index (χ0v) is 19.8. The second-order valence-electron chi connectivity index (χ2n) is 6.46. The molecule has 0 aliphatic heterocycles. The van der Waals surface area contributed by atoms with Gasteiger partial charge in [0.25, 0.3) is 5.91 Å². The maximum Gasteiger partial charge on any atom is 0.267 e. The van der Waals surface area contributed by atoms with E-state index in [9.17, 15) is 4.79 Å². The summed E-state index contributed by atoms with van der Waals surface area (Å²) >= 11 is 7.42. The van der Waals surface area contributed by atoms with E-state index in [0.29, 0.717) is 32.4 Å². The predicted molar refractivity (Wildman–Crippen MR) is 131 cm³/mol. The molecule has 0 bridgehead atoms. The molecule has 0 atom stereocenters. The summed E-state index contributed by atoms with van der Waals surface area (Å²) < 4.78 is 0. The number of pyridine rings is 1. The quantitative estimate of drug-likeness (QED) is 0.359. The molecular weight excluding hydrogens is 444 g/mol. The van der Waals surface area contributed by atoms with Gasteiger partial charge in [0.05, 0.1) is 22.6 Å². The minimum absolute atomic E-state index is 0.270. The highest BCUT2D eigenvalue weighted by Crippen LogP contribution is 2.28. The molecule has 0 fully saturated rings. The van der Waals surface area contributed by atoms with Gasteiger partial charge < -0.3 is 10.6 Å². The number of hydrogen-bond acceptors (Lipinski definition) is 7. The van der Waals surface area contributed by atoms with Crippen LogP contribution in [0.2, 0.25) is 5.02 Å². The molecule has 0 spiro atoms. The number of hydrogen-bond donors (Lipinski definition) is 2. The number of amides is 1. The van der Waals surface area contributed by atoms with Gasteiger partial charge in [-0.05, 0) is 37.6 Å². The summed E-state index contributed by atoms with van der Waals surface area (Å²) in [5, 5.41) is 7.05. The second kappa shape index (κ2) is 10.8. The van der Waals surface area contributed by atoms with Gasteiger partial charge >= 0.3 is 0 Å². The summed E-state index contributed by atoms with van der Waals surface area (Å²) in [6, 6.07) is 11.1. The summed E-state index contributed by atoms with van der Waals surface area (Å²) in [7, 11) is 0. The van der Waals surface area contributed by atoms with Crippen molar-refractivity contribution in [3.8, 4) is 11.3 Å². The van der Waals surface area contributed by atoms with Crippen molar-refractivity contribution in [2.75, 3.05) is 10.6 Å². The van der Waals surface area contributed by atoms with Crippen LogP contribution in [0, 0.1) is 13.8 Å². The Morgan fingerprint density at radius 3 is 2.53 bits per heavy atom. The average Bonchev–Trinajstić information content (AvgIpc) is 3.26. The topological polar surface area (TPSA) is 92.7 Å². The number of aromatic nitrogens is 4. The molecule has 4 rings (SSSR count). The molecule has 0 aliphatic rings. The van der Waals surface area contributed by atoms with Crippen LogP contribution in [-0.2, 0) is 0 Å². The smallest absolute Gasteiger partial charge is 0.267 e. The lowest BCUT2D eigenvalue weighted by Gasteiger charge is -2.09. The van der Waals surface area contributed by atoms with Gasteiger partial charge in [-0.3, -0.25) is 9.78 Å². The maximum atomic E-state index is 12.6. The van der Waals surface area contributed by atoms with Gasteiger partial charge in [-0.1, -0.05) is 48.9 Å². The van der Waals surface area contributed by atoms with Crippen molar-refractivity contribution in [2.45, 2.75) is 27.7 Å². The van der Waals surface area contributed by atoms with Gasteiger partial charge in [-0.25, -0.2) is 15.0 Å². The number of para-hydroxylation sites is 1. The highest BCUT2D eigenvalue weighted by Gasteiger charge is 2.14. The Balaban J connectivity index is 0.00000141. The highest BCUT2D eigenvalue weighted by molar-refractivity contribution is 7.17. The van der Waals surface area contributed by atoms with Crippen molar-refractivity contribution >= 4 is 45.5 Å². The monoisotopic (exact) mass is 466 g/mol. The Morgan fingerprint density at radius 2 is 1.81 bits per heavy atom. The number of carbonyl (C=O) groups is 1. The van der Waals surface area contributed by atoms with Gasteiger partial charge in [0.15, 0.2) is 5.13 Å². The van der Waals surface area contributed by atoms with E-state index in [0.717, 1.165) is 16.8 Å². The lowest BCUT2D eigenvalue weighted by molar-refractivity contribution is 0.103. The first-order valence-corrected chi connectivity index (χ1v) is 11.2. The predicted octanol–water partition coefficient (Wildman–Crippen LogP) is 6.29. The molecule has 3 aromatic heterocycles. The van der Waals surface area contributed by atoms with Crippen LogP contribution >= 0.6 is 22.9 Å². The number of thiazole rings is 1. The average molecular weight is 467 g/mol. The van der Waals surface area contributed by atoms with Crippen molar-refractivity contribution in [3.05, 3.63) is 76.3 Å². The van der Waals surface area contributed by atoms with Crippen LogP contribution in [0.1, 0.15) is 34.9 Å². The Bertz CT molecular complexity index is 1190. The number of aryl methyl sites for hydroxylation is 2. The molecule has 32 heavy (non-hydrogen) atoms. The maximum absolute atomic E-state index is 12.6. The lowest BCUT2D eigenvalue weighted by atomic mass is 10.2. The standard InChI is InChI=1S/C21H17ClN6OS.C2H6/c1-12-4-3-5-15(22)19(12)28-20(29)17-11-24-21(30-17)27-18-10-16(25-13(2)26-18)14-6-8-23-9-7-14;1-2/h3-11H,1-2H3,(H,28,29)(H,24,25,26,27);1-2H3. The van der Waals surface area contributed by atoms with Crippen LogP contribution in [-0.4, -0.2) is 25.8 Å². The zero-order valence-electron chi connectivity index (χ0n) is 18.2. The number of anilines is 3. The van der Waals surface area contributed by atoms with E-state index in [-0.39, 0.29) is 5.91 Å². The molecular formula is C23H23ClN6OS. The Kier molecular flexibility index (Phi) is 7.86. The van der Waals surface area contributed by atoms with Crippen molar-refractivity contribution in [2.24, 2.45) is 0 Å². The fraction of sp³-hybridized carbons (Fsp3) is 0.174. The van der Waals surface area contributed by atoms with Crippen LogP contribution in [0.15, 0.2) is 55.0 Å². The summed E-state index contributed by atoms with van der Waals surface area (Å²) in [4.78, 5) is 30.3. The Hall–Kier alpha value is -3.36. The molecule has 4 aromatic rings. The molecule has 0 unspecified atom stereocenters. The molecule has 1 aromatic carbocycles. The molecule has 2 N–H and O–H groups in total. The SMILES string of the molecule is CC.Cc1nc(Nc2ncc(C(=O)Nc3c(C)cccc3Cl)s2)cc(-c2ccncc2)n1. The number of carbonyl (C=O) groups excluding carboxylic acids is 1. The van der Waals surface area contributed by atoms with E-state index >= 15 is 0 Å². The second-order valence-corrected chi connectivity index (χ2v) is 7.90. The van der Waals surface area contributed by atoms with Crippen LogP contribution in [0.5, 0.6) is 0 Å². The molecule has 1 amide bonds. The third kappa shape index (κ3) is 5.66. The summed E-state index contributed by atoms with van der Waals surface area (Å²) in [5.74, 6) is 0.946. The van der Waals surface area contributed by atoms with Gasteiger partial charge in [0.1, 0.15) is 16.5 Å². The first-order chi connectivity index (χ1) is 15.5. The lowest BCUT2D eigenvalue weighted by Crippen LogP contribution is -2.11. The van der Waals surface area contributed by atoms with E-state index in [4.69, 9.17) is 11.6 Å². The van der Waals surface area contributed by atoms with Crippen LogP contribution < -0.4 is 10.6 Å². The molecule has 164 valence electrons. The highest BCUT2D eigenvalue weighted by atomic mass is 35.5. The molecule has 9 heteroatoms. The number of rotatable bonds is 5.